The van der Waals surface area contributed by atoms with E-state index in [1.165, 1.54) is 12.3 Å². The Morgan fingerprint density at radius 3 is 2.71 bits per heavy atom. The van der Waals surface area contributed by atoms with Crippen LogP contribution < -0.4 is 10.6 Å². The maximum atomic E-state index is 13.1. The first kappa shape index (κ1) is 15.0. The Morgan fingerprint density at radius 1 is 1.19 bits per heavy atom. The molecule has 8 heteroatoms. The molecule has 0 saturated carbocycles. The van der Waals surface area contributed by atoms with E-state index < -0.39 is 11.6 Å². The van der Waals surface area contributed by atoms with Crippen molar-refractivity contribution in [2.24, 2.45) is 0 Å². The number of aromatic nitrogens is 3. The molecular weight excluding hydrogens is 278 g/mol. The van der Waals surface area contributed by atoms with Crippen molar-refractivity contribution in [2.45, 2.75) is 0 Å². The van der Waals surface area contributed by atoms with Crippen LogP contribution in [0.15, 0.2) is 24.4 Å². The van der Waals surface area contributed by atoms with Crippen LogP contribution in [-0.4, -0.2) is 47.3 Å². The van der Waals surface area contributed by atoms with Crippen molar-refractivity contribution < 1.29 is 8.78 Å². The van der Waals surface area contributed by atoms with Crippen molar-refractivity contribution in [3.63, 3.8) is 0 Å². The molecule has 0 spiro atoms. The third-order valence-corrected chi connectivity index (χ3v) is 2.60. The van der Waals surface area contributed by atoms with Gasteiger partial charge in [0.15, 0.2) is 17.5 Å². The Bertz CT molecular complexity index is 605. The van der Waals surface area contributed by atoms with Crippen molar-refractivity contribution in [3.05, 3.63) is 36.0 Å². The monoisotopic (exact) mass is 294 g/mol. The highest BCUT2D eigenvalue weighted by Gasteiger charge is 2.05. The highest BCUT2D eigenvalue weighted by molar-refractivity contribution is 5.54. The molecule has 0 aliphatic heterocycles. The number of nitrogens with zero attached hydrogens (tertiary/aromatic N) is 4. The molecule has 0 atom stereocenters. The molecule has 0 bridgehead atoms. The number of nitrogens with one attached hydrogen (secondary N) is 2. The summed E-state index contributed by atoms with van der Waals surface area (Å²) in [6, 6.07) is 3.46. The summed E-state index contributed by atoms with van der Waals surface area (Å²) in [6.07, 6.45) is 1.49. The van der Waals surface area contributed by atoms with Crippen LogP contribution in [0.4, 0.5) is 26.2 Å². The fourth-order valence-electron chi connectivity index (χ4n) is 1.55. The van der Waals surface area contributed by atoms with E-state index in [4.69, 9.17) is 0 Å². The first-order chi connectivity index (χ1) is 10.0. The molecule has 21 heavy (non-hydrogen) atoms. The quantitative estimate of drug-likeness (QED) is 0.848. The molecule has 2 N–H and O–H groups in total. The van der Waals surface area contributed by atoms with Crippen LogP contribution in [0.1, 0.15) is 0 Å². The van der Waals surface area contributed by atoms with Gasteiger partial charge >= 0.3 is 0 Å². The van der Waals surface area contributed by atoms with Gasteiger partial charge in [-0.05, 0) is 26.2 Å². The minimum Gasteiger partial charge on any atom is -0.367 e. The van der Waals surface area contributed by atoms with Gasteiger partial charge < -0.3 is 15.5 Å². The number of rotatable bonds is 6. The van der Waals surface area contributed by atoms with E-state index in [0.717, 1.165) is 18.7 Å². The number of hydrogen-bond donors (Lipinski definition) is 2. The molecule has 2 aromatic rings. The van der Waals surface area contributed by atoms with Crippen LogP contribution in [0, 0.1) is 11.6 Å². The Hall–Kier alpha value is -2.35. The zero-order valence-corrected chi connectivity index (χ0v) is 11.8. The van der Waals surface area contributed by atoms with Crippen molar-refractivity contribution in [1.29, 1.82) is 0 Å². The van der Waals surface area contributed by atoms with Gasteiger partial charge in [-0.1, -0.05) is 0 Å². The zero-order valence-electron chi connectivity index (χ0n) is 11.8. The maximum absolute atomic E-state index is 13.1. The van der Waals surface area contributed by atoms with E-state index in [9.17, 15) is 8.78 Å². The van der Waals surface area contributed by atoms with Crippen LogP contribution in [0.2, 0.25) is 0 Å². The van der Waals surface area contributed by atoms with Gasteiger partial charge in [-0.25, -0.2) is 8.78 Å². The number of anilines is 3. The molecule has 0 saturated heterocycles. The van der Waals surface area contributed by atoms with E-state index in [1.807, 2.05) is 19.0 Å². The highest BCUT2D eigenvalue weighted by Crippen LogP contribution is 2.16. The summed E-state index contributed by atoms with van der Waals surface area (Å²) >= 11 is 0. The second-order valence-corrected chi connectivity index (χ2v) is 4.65. The second kappa shape index (κ2) is 6.89. The smallest absolute Gasteiger partial charge is 0.249 e. The lowest BCUT2D eigenvalue weighted by Crippen LogP contribution is -2.21. The van der Waals surface area contributed by atoms with Crippen LogP contribution in [0.5, 0.6) is 0 Å². The molecule has 0 amide bonds. The molecule has 0 unspecified atom stereocenters. The molecule has 0 aliphatic carbocycles. The lowest BCUT2D eigenvalue weighted by atomic mass is 10.3. The molecular formula is C13H16F2N6. The van der Waals surface area contributed by atoms with E-state index in [0.29, 0.717) is 18.1 Å². The first-order valence-corrected chi connectivity index (χ1v) is 6.35. The van der Waals surface area contributed by atoms with Gasteiger partial charge in [0.25, 0.3) is 0 Å². The largest absolute Gasteiger partial charge is 0.367 e. The lowest BCUT2D eigenvalue weighted by Gasteiger charge is -2.11. The summed E-state index contributed by atoms with van der Waals surface area (Å²) < 4.78 is 26.0. The zero-order chi connectivity index (χ0) is 15.2. The van der Waals surface area contributed by atoms with Crippen LogP contribution in [0.3, 0.4) is 0 Å². The van der Waals surface area contributed by atoms with Gasteiger partial charge in [-0.2, -0.15) is 10.1 Å². The lowest BCUT2D eigenvalue weighted by molar-refractivity contribution is 0.425. The Kier molecular flexibility index (Phi) is 4.94. The summed E-state index contributed by atoms with van der Waals surface area (Å²) in [4.78, 5) is 6.22. The SMILES string of the molecule is CN(C)CCNc1cnnc(Nc2ccc(F)c(F)c2)n1. The standard InChI is InChI=1S/C13H16F2N6/c1-21(2)6-5-16-12-8-17-20-13(19-12)18-9-3-4-10(14)11(15)7-9/h3-4,7-8H,5-6H2,1-2H3,(H2,16,18,19,20). The summed E-state index contributed by atoms with van der Waals surface area (Å²) in [5.41, 5.74) is 0.348. The molecule has 1 heterocycles. The van der Waals surface area contributed by atoms with Crippen molar-refractivity contribution in [2.75, 3.05) is 37.8 Å². The number of halogens is 2. The Balaban J connectivity index is 2.01. The van der Waals surface area contributed by atoms with E-state index >= 15 is 0 Å². The summed E-state index contributed by atoms with van der Waals surface area (Å²) in [5.74, 6) is -1.08. The van der Waals surface area contributed by atoms with E-state index in [2.05, 4.69) is 25.8 Å². The van der Waals surface area contributed by atoms with Crippen molar-refractivity contribution in [3.8, 4) is 0 Å². The molecule has 0 fully saturated rings. The molecule has 2 rings (SSSR count). The average molecular weight is 294 g/mol. The van der Waals surface area contributed by atoms with Crippen LogP contribution in [-0.2, 0) is 0 Å². The molecule has 1 aromatic carbocycles. The topological polar surface area (TPSA) is 66.0 Å². The summed E-state index contributed by atoms with van der Waals surface area (Å²) in [5, 5.41) is 13.5. The Labute approximate surface area is 121 Å². The molecule has 0 aliphatic rings. The fourth-order valence-corrected chi connectivity index (χ4v) is 1.55. The van der Waals surface area contributed by atoms with Gasteiger partial charge in [0.2, 0.25) is 5.95 Å². The minimum atomic E-state index is -0.937. The summed E-state index contributed by atoms with van der Waals surface area (Å²) in [7, 11) is 3.94. The number of benzene rings is 1. The fraction of sp³-hybridized carbons (Fsp3) is 0.308. The minimum absolute atomic E-state index is 0.205. The molecule has 112 valence electrons. The van der Waals surface area contributed by atoms with E-state index in [1.54, 1.807) is 0 Å². The van der Waals surface area contributed by atoms with Gasteiger partial charge in [-0.15, -0.1) is 5.10 Å². The number of likely N-dealkylation sites (N-methyl/N-ethyl adjacent to an activating group) is 1. The maximum Gasteiger partial charge on any atom is 0.249 e. The Morgan fingerprint density at radius 2 is 2.00 bits per heavy atom. The number of hydrogen-bond acceptors (Lipinski definition) is 6. The van der Waals surface area contributed by atoms with Gasteiger partial charge in [0, 0.05) is 24.8 Å². The predicted octanol–water partition coefficient (Wildman–Crippen LogP) is 1.87. The first-order valence-electron chi connectivity index (χ1n) is 6.35. The summed E-state index contributed by atoms with van der Waals surface area (Å²) in [6.45, 7) is 1.55. The molecule has 1 aromatic heterocycles. The third-order valence-electron chi connectivity index (χ3n) is 2.60. The third kappa shape index (κ3) is 4.60. The molecule has 6 nitrogen and oxygen atoms in total. The van der Waals surface area contributed by atoms with Crippen molar-refractivity contribution in [1.82, 2.24) is 20.1 Å². The second-order valence-electron chi connectivity index (χ2n) is 4.65. The highest BCUT2D eigenvalue weighted by atomic mass is 19.2. The van der Waals surface area contributed by atoms with E-state index in [-0.39, 0.29) is 5.95 Å². The molecule has 0 radical (unpaired) electrons. The van der Waals surface area contributed by atoms with Crippen LogP contribution >= 0.6 is 0 Å². The van der Waals surface area contributed by atoms with Crippen molar-refractivity contribution >= 4 is 17.5 Å². The normalized spacial score (nSPS) is 10.7. The van der Waals surface area contributed by atoms with Gasteiger partial charge in [0.1, 0.15) is 0 Å². The predicted molar refractivity (Wildman–Crippen MR) is 76.5 cm³/mol. The van der Waals surface area contributed by atoms with Gasteiger partial charge in [0.05, 0.1) is 6.20 Å². The van der Waals surface area contributed by atoms with Gasteiger partial charge in [-0.3, -0.25) is 0 Å². The average Bonchev–Trinajstić information content (AvgIpc) is 2.43. The van der Waals surface area contributed by atoms with Crippen LogP contribution in [0.25, 0.3) is 0 Å².